The lowest BCUT2D eigenvalue weighted by atomic mass is 10.1. The molecule has 3 aromatic heterocycles. The van der Waals surface area contributed by atoms with E-state index in [4.69, 9.17) is 28.9 Å². The van der Waals surface area contributed by atoms with Gasteiger partial charge in [-0.3, -0.25) is 0 Å². The Morgan fingerprint density at radius 3 is 0.739 bits per heavy atom. The topological polar surface area (TPSA) is 72.6 Å². The molecule has 0 N–H and O–H groups in total. The van der Waals surface area contributed by atoms with E-state index in [0.717, 1.165) is 118 Å². The summed E-state index contributed by atoms with van der Waals surface area (Å²) in [7, 11) is 0. The molecule has 482 valence electrons. The monoisotopic (exact) mass is 1200 g/mol. The van der Waals surface area contributed by atoms with Crippen LogP contribution in [0.25, 0.3) is 57.7 Å². The summed E-state index contributed by atoms with van der Waals surface area (Å²) in [6.07, 6.45) is 60.0. The number of hydrogen-bond acceptors (Lipinski definition) is 6. The Balaban J connectivity index is 1.16. The van der Waals surface area contributed by atoms with Crippen LogP contribution in [-0.2, 0) is 0 Å². The molecule has 0 atom stereocenters. The molecular formula is C80H118N4O4. The third-order valence-corrected chi connectivity index (χ3v) is 17.8. The highest BCUT2D eigenvalue weighted by Gasteiger charge is 2.19. The number of rotatable bonds is 50. The van der Waals surface area contributed by atoms with Crippen LogP contribution in [0.5, 0.6) is 23.0 Å². The molecule has 0 spiro atoms. The maximum Gasteiger partial charge on any atom is 0.185 e. The van der Waals surface area contributed by atoms with Crippen molar-refractivity contribution < 1.29 is 18.9 Å². The zero-order valence-corrected chi connectivity index (χ0v) is 55.9. The van der Waals surface area contributed by atoms with E-state index < -0.39 is 0 Å². The maximum atomic E-state index is 6.94. The van der Waals surface area contributed by atoms with Crippen molar-refractivity contribution in [3.8, 4) is 34.4 Å². The van der Waals surface area contributed by atoms with Crippen LogP contribution in [-0.4, -0.2) is 45.5 Å². The number of fused-ring (bicyclic) bond motifs is 8. The minimum atomic E-state index is 0.640. The largest absolute Gasteiger partial charge is 0.490 e. The highest BCUT2D eigenvalue weighted by atomic mass is 16.5. The van der Waals surface area contributed by atoms with E-state index in [2.05, 4.69) is 146 Å². The molecule has 2 aliphatic heterocycles. The smallest absolute Gasteiger partial charge is 0.185 e. The molecule has 5 aromatic rings. The summed E-state index contributed by atoms with van der Waals surface area (Å²) in [5, 5.41) is 0. The van der Waals surface area contributed by atoms with Crippen LogP contribution in [0.15, 0.2) is 84.9 Å². The fraction of sp³-hybridized carbons (Fsp3) is 0.600. The summed E-state index contributed by atoms with van der Waals surface area (Å²) in [5.41, 5.74) is 9.44. The third-order valence-electron chi connectivity index (χ3n) is 17.8. The number of nitrogens with zero attached hydrogens (tertiary/aromatic N) is 4. The molecule has 0 radical (unpaired) electrons. The molecular weight excluding hydrogens is 1080 g/mol. The van der Waals surface area contributed by atoms with Gasteiger partial charge < -0.3 is 28.1 Å². The second-order valence-electron chi connectivity index (χ2n) is 25.5. The van der Waals surface area contributed by atoms with E-state index in [1.54, 1.807) is 0 Å². The van der Waals surface area contributed by atoms with Crippen LogP contribution in [0.3, 0.4) is 0 Å². The first-order valence-corrected chi connectivity index (χ1v) is 36.5. The average molecular weight is 1200 g/mol. The van der Waals surface area contributed by atoms with Gasteiger partial charge in [0, 0.05) is 22.1 Å². The van der Waals surface area contributed by atoms with Crippen molar-refractivity contribution in [1.82, 2.24) is 19.1 Å². The number of benzene rings is 2. The Bertz CT molecular complexity index is 2640. The predicted octanol–water partition coefficient (Wildman–Crippen LogP) is 24.8. The molecule has 0 amide bonds. The van der Waals surface area contributed by atoms with Gasteiger partial charge in [-0.25, -0.2) is 9.97 Å². The van der Waals surface area contributed by atoms with Crippen LogP contribution in [0, 0.1) is 0 Å². The molecule has 7 rings (SSSR count). The number of para-hydroxylation sites is 2. The van der Waals surface area contributed by atoms with E-state index in [0.29, 0.717) is 26.4 Å². The Labute approximate surface area is 534 Å². The Morgan fingerprint density at radius 2 is 0.489 bits per heavy atom. The van der Waals surface area contributed by atoms with Crippen molar-refractivity contribution in [2.75, 3.05) is 26.4 Å². The van der Waals surface area contributed by atoms with Crippen LogP contribution in [0.1, 0.15) is 307 Å². The van der Waals surface area contributed by atoms with Crippen molar-refractivity contribution in [3.05, 3.63) is 108 Å². The summed E-state index contributed by atoms with van der Waals surface area (Å²) in [5.74, 6) is 3.20. The van der Waals surface area contributed by atoms with Gasteiger partial charge in [-0.2, -0.15) is 0 Å². The summed E-state index contributed by atoms with van der Waals surface area (Å²) >= 11 is 0. The molecule has 8 heteroatoms. The summed E-state index contributed by atoms with van der Waals surface area (Å²) in [6.45, 7) is 11.8. The lowest BCUT2D eigenvalue weighted by molar-refractivity contribution is 0.258. The molecule has 88 heavy (non-hydrogen) atoms. The van der Waals surface area contributed by atoms with Crippen molar-refractivity contribution in [2.45, 2.75) is 285 Å². The zero-order chi connectivity index (χ0) is 61.3. The quantitative estimate of drug-likeness (QED) is 0.0354. The lowest BCUT2D eigenvalue weighted by Crippen LogP contribution is -2.07. The van der Waals surface area contributed by atoms with E-state index in [-0.39, 0.29) is 0 Å². The van der Waals surface area contributed by atoms with Gasteiger partial charge in [0.1, 0.15) is 0 Å². The summed E-state index contributed by atoms with van der Waals surface area (Å²) in [4.78, 5) is 10.6. The van der Waals surface area contributed by atoms with E-state index >= 15 is 0 Å². The third kappa shape index (κ3) is 24.9. The van der Waals surface area contributed by atoms with Crippen LogP contribution >= 0.6 is 0 Å². The highest BCUT2D eigenvalue weighted by molar-refractivity contribution is 5.81. The molecule has 8 bridgehead atoms. The standard InChI is InChI=1S/C80H118N4O4/c1-5-9-13-17-21-25-29-33-37-41-59-85-77-49-45-47-75(79(77)87-61-43-39-35-31-27-23-19-15-11-7-3)83-71-55-56-72(83)64-68-52-54-70(82-68)66-74-58-57-73(65-69-53-51-67(63-71)81-69)84(74)76-48-46-50-78(86-60-42-38-34-30-26-22-18-14-10-6-2)80(76)88-62-44-40-36-32-28-24-20-16-12-8-4/h45-58,63-66H,5-44,59-62H2,1-4H3. The fourth-order valence-corrected chi connectivity index (χ4v) is 12.6. The molecule has 0 aliphatic carbocycles. The number of unbranched alkanes of at least 4 members (excludes halogenated alkanes) is 36. The minimum Gasteiger partial charge on any atom is -0.490 e. The van der Waals surface area contributed by atoms with Crippen molar-refractivity contribution in [3.63, 3.8) is 0 Å². The van der Waals surface area contributed by atoms with Crippen molar-refractivity contribution in [1.29, 1.82) is 0 Å². The van der Waals surface area contributed by atoms with Crippen LogP contribution < -0.4 is 18.9 Å². The second kappa shape index (κ2) is 43.0. The molecule has 0 unspecified atom stereocenters. The van der Waals surface area contributed by atoms with Gasteiger partial charge in [-0.05, 0) is 123 Å². The first kappa shape index (κ1) is 69.7. The number of aromatic nitrogens is 4. The molecule has 8 nitrogen and oxygen atoms in total. The van der Waals surface area contributed by atoms with Crippen molar-refractivity contribution >= 4 is 46.4 Å². The normalized spacial score (nSPS) is 12.0. The van der Waals surface area contributed by atoms with Gasteiger partial charge >= 0.3 is 0 Å². The van der Waals surface area contributed by atoms with Gasteiger partial charge in [-0.15, -0.1) is 0 Å². The minimum absolute atomic E-state index is 0.640. The van der Waals surface area contributed by atoms with Gasteiger partial charge in [0.2, 0.25) is 0 Å². The lowest BCUT2D eigenvalue weighted by Gasteiger charge is -2.18. The average Bonchev–Trinajstić information content (AvgIpc) is 4.46. The zero-order valence-electron chi connectivity index (χ0n) is 55.9. The highest BCUT2D eigenvalue weighted by Crippen LogP contribution is 2.39. The summed E-state index contributed by atoms with van der Waals surface area (Å²) in [6, 6.07) is 30.4. The Hall–Kier alpha value is -5.76. The molecule has 0 saturated heterocycles. The first-order chi connectivity index (χ1) is 43.6. The Morgan fingerprint density at radius 1 is 0.261 bits per heavy atom. The van der Waals surface area contributed by atoms with E-state index in [9.17, 15) is 0 Å². The van der Waals surface area contributed by atoms with Gasteiger partial charge in [0.25, 0.3) is 0 Å². The van der Waals surface area contributed by atoms with Gasteiger partial charge in [0.15, 0.2) is 23.0 Å². The first-order valence-electron chi connectivity index (χ1n) is 36.5. The van der Waals surface area contributed by atoms with Gasteiger partial charge in [0.05, 0.1) is 60.6 Å². The predicted molar refractivity (Wildman–Crippen MR) is 378 cm³/mol. The SMILES string of the molecule is CCCCCCCCCCCCOc1cccc(-n2c3ccc2cc2nc(cc4ccc(cc5nc(c3)C=C5)n4-c3cccc(OCCCCCCCCCCCC)c3OCCCCCCCCCCCC)C=C2)c1OCCCCCCCCCCCC. The van der Waals surface area contributed by atoms with Gasteiger partial charge in [-0.1, -0.05) is 271 Å². The number of ether oxygens (including phenoxy) is 4. The van der Waals surface area contributed by atoms with Crippen LogP contribution in [0.4, 0.5) is 0 Å². The Kier molecular flexibility index (Phi) is 34.1. The van der Waals surface area contributed by atoms with Crippen LogP contribution in [0.2, 0.25) is 0 Å². The summed E-state index contributed by atoms with van der Waals surface area (Å²) < 4.78 is 32.0. The molecule has 2 aromatic carbocycles. The number of hydrogen-bond donors (Lipinski definition) is 0. The van der Waals surface area contributed by atoms with E-state index in [1.807, 2.05) is 0 Å². The fourth-order valence-electron chi connectivity index (χ4n) is 12.6. The molecule has 0 saturated carbocycles. The van der Waals surface area contributed by atoms with E-state index in [1.165, 1.54) is 218 Å². The molecule has 0 fully saturated rings. The molecule has 2 aliphatic rings. The van der Waals surface area contributed by atoms with Crippen molar-refractivity contribution in [2.24, 2.45) is 0 Å². The molecule has 5 heterocycles. The second-order valence-corrected chi connectivity index (χ2v) is 25.5. The maximum absolute atomic E-state index is 6.94.